The SMILES string of the molecule is CCNC(c1cccc(Cl)c1C)c1occc1Br. The molecule has 1 aromatic heterocycles. The third kappa shape index (κ3) is 2.63. The van der Waals surface area contributed by atoms with E-state index in [1.165, 1.54) is 0 Å². The molecule has 1 aromatic carbocycles. The monoisotopic (exact) mass is 327 g/mol. The van der Waals surface area contributed by atoms with E-state index in [0.717, 1.165) is 32.9 Å². The minimum Gasteiger partial charge on any atom is -0.466 e. The van der Waals surface area contributed by atoms with E-state index in [2.05, 4.69) is 34.2 Å². The average molecular weight is 329 g/mol. The van der Waals surface area contributed by atoms with Crippen LogP contribution in [0.3, 0.4) is 0 Å². The maximum absolute atomic E-state index is 6.19. The number of furan rings is 1. The van der Waals surface area contributed by atoms with Crippen LogP contribution in [-0.4, -0.2) is 6.54 Å². The number of hydrogen-bond acceptors (Lipinski definition) is 2. The Morgan fingerprint density at radius 1 is 1.39 bits per heavy atom. The molecule has 0 aliphatic rings. The first-order valence-electron chi connectivity index (χ1n) is 5.86. The van der Waals surface area contributed by atoms with Gasteiger partial charge in [-0.1, -0.05) is 30.7 Å². The lowest BCUT2D eigenvalue weighted by molar-refractivity contribution is 0.449. The predicted octanol–water partition coefficient (Wildman–Crippen LogP) is 4.70. The van der Waals surface area contributed by atoms with Crippen molar-refractivity contribution in [3.63, 3.8) is 0 Å². The van der Waals surface area contributed by atoms with Crippen molar-refractivity contribution < 1.29 is 4.42 Å². The van der Waals surface area contributed by atoms with Crippen LogP contribution in [-0.2, 0) is 0 Å². The topological polar surface area (TPSA) is 25.2 Å². The molecule has 0 saturated heterocycles. The van der Waals surface area contributed by atoms with Crippen LogP contribution in [0.1, 0.15) is 29.9 Å². The van der Waals surface area contributed by atoms with Gasteiger partial charge in [0.15, 0.2) is 0 Å². The molecule has 1 atom stereocenters. The first kappa shape index (κ1) is 13.7. The molecule has 0 amide bonds. The zero-order chi connectivity index (χ0) is 13.1. The van der Waals surface area contributed by atoms with Crippen molar-refractivity contribution >= 4 is 27.5 Å². The highest BCUT2D eigenvalue weighted by Gasteiger charge is 2.21. The molecule has 1 heterocycles. The van der Waals surface area contributed by atoms with Gasteiger partial charge in [-0.3, -0.25) is 0 Å². The van der Waals surface area contributed by atoms with Gasteiger partial charge >= 0.3 is 0 Å². The van der Waals surface area contributed by atoms with Gasteiger partial charge in [0, 0.05) is 5.02 Å². The maximum atomic E-state index is 6.19. The van der Waals surface area contributed by atoms with Gasteiger partial charge in [-0.05, 0) is 52.7 Å². The molecule has 0 saturated carbocycles. The predicted molar refractivity (Wildman–Crippen MR) is 78.1 cm³/mol. The zero-order valence-electron chi connectivity index (χ0n) is 10.3. The summed E-state index contributed by atoms with van der Waals surface area (Å²) in [4.78, 5) is 0. The molecule has 96 valence electrons. The second-order valence-corrected chi connectivity index (χ2v) is 5.34. The fraction of sp³-hybridized carbons (Fsp3) is 0.286. The Hall–Kier alpha value is -0.770. The molecule has 0 bridgehead atoms. The minimum absolute atomic E-state index is 0.0121. The van der Waals surface area contributed by atoms with Crippen LogP contribution >= 0.6 is 27.5 Å². The van der Waals surface area contributed by atoms with Gasteiger partial charge in [-0.15, -0.1) is 0 Å². The normalized spacial score (nSPS) is 12.7. The fourth-order valence-electron chi connectivity index (χ4n) is 2.00. The number of nitrogens with one attached hydrogen (secondary N) is 1. The van der Waals surface area contributed by atoms with Gasteiger partial charge in [0.2, 0.25) is 0 Å². The van der Waals surface area contributed by atoms with Crippen molar-refractivity contribution in [3.05, 3.63) is 56.9 Å². The van der Waals surface area contributed by atoms with Gasteiger partial charge in [0.1, 0.15) is 5.76 Å². The van der Waals surface area contributed by atoms with Crippen LogP contribution < -0.4 is 5.32 Å². The van der Waals surface area contributed by atoms with E-state index in [1.54, 1.807) is 6.26 Å². The second-order valence-electron chi connectivity index (χ2n) is 4.08. The Labute approximate surface area is 120 Å². The standard InChI is InChI=1S/C14H15BrClNO/c1-3-17-13(14-11(15)7-8-18-14)10-5-4-6-12(16)9(10)2/h4-8,13,17H,3H2,1-2H3. The average Bonchev–Trinajstić information content (AvgIpc) is 2.76. The second kappa shape index (κ2) is 5.91. The Kier molecular flexibility index (Phi) is 4.49. The molecule has 2 rings (SSSR count). The molecule has 4 heteroatoms. The fourth-order valence-corrected chi connectivity index (χ4v) is 2.61. The minimum atomic E-state index is 0.0121. The third-order valence-corrected chi connectivity index (χ3v) is 4.00. The summed E-state index contributed by atoms with van der Waals surface area (Å²) in [5, 5.41) is 4.20. The van der Waals surface area contributed by atoms with Gasteiger partial charge in [-0.25, -0.2) is 0 Å². The Balaban J connectivity index is 2.48. The summed E-state index contributed by atoms with van der Waals surface area (Å²) in [6.07, 6.45) is 1.68. The van der Waals surface area contributed by atoms with E-state index in [4.69, 9.17) is 16.0 Å². The molecule has 0 fully saturated rings. The van der Waals surface area contributed by atoms with Crippen molar-refractivity contribution in [1.29, 1.82) is 0 Å². The lowest BCUT2D eigenvalue weighted by Crippen LogP contribution is -2.22. The van der Waals surface area contributed by atoms with E-state index in [0.29, 0.717) is 0 Å². The van der Waals surface area contributed by atoms with Crippen molar-refractivity contribution in [2.45, 2.75) is 19.9 Å². The highest BCUT2D eigenvalue weighted by Crippen LogP contribution is 2.33. The first-order valence-corrected chi connectivity index (χ1v) is 7.03. The molecule has 0 aliphatic carbocycles. The number of halogens is 2. The van der Waals surface area contributed by atoms with Crippen LogP contribution in [0.2, 0.25) is 5.02 Å². The Morgan fingerprint density at radius 2 is 2.17 bits per heavy atom. The van der Waals surface area contributed by atoms with E-state index in [-0.39, 0.29) is 6.04 Å². The van der Waals surface area contributed by atoms with E-state index < -0.39 is 0 Å². The van der Waals surface area contributed by atoms with Crippen molar-refractivity contribution in [3.8, 4) is 0 Å². The lowest BCUT2D eigenvalue weighted by atomic mass is 9.99. The van der Waals surface area contributed by atoms with Crippen molar-refractivity contribution in [2.24, 2.45) is 0 Å². The van der Waals surface area contributed by atoms with Crippen LogP contribution in [0, 0.1) is 6.92 Å². The first-order chi connectivity index (χ1) is 8.65. The quantitative estimate of drug-likeness (QED) is 0.880. The summed E-state index contributed by atoms with van der Waals surface area (Å²) >= 11 is 9.70. The van der Waals surface area contributed by atoms with Crippen LogP contribution in [0.15, 0.2) is 39.4 Å². The number of benzene rings is 1. The van der Waals surface area contributed by atoms with E-state index in [9.17, 15) is 0 Å². The highest BCUT2D eigenvalue weighted by molar-refractivity contribution is 9.10. The van der Waals surface area contributed by atoms with Gasteiger partial charge < -0.3 is 9.73 Å². The summed E-state index contributed by atoms with van der Waals surface area (Å²) < 4.78 is 6.54. The molecular formula is C14H15BrClNO. The number of rotatable bonds is 4. The molecular weight excluding hydrogens is 314 g/mol. The Morgan fingerprint density at radius 3 is 2.78 bits per heavy atom. The van der Waals surface area contributed by atoms with Crippen LogP contribution in [0.5, 0.6) is 0 Å². The maximum Gasteiger partial charge on any atom is 0.139 e. The van der Waals surface area contributed by atoms with Crippen LogP contribution in [0.4, 0.5) is 0 Å². The molecule has 2 aromatic rings. The molecule has 0 aliphatic heterocycles. The molecule has 2 nitrogen and oxygen atoms in total. The molecule has 18 heavy (non-hydrogen) atoms. The Bertz CT molecular complexity index is 538. The summed E-state index contributed by atoms with van der Waals surface area (Å²) in [6, 6.07) is 7.85. The molecule has 0 spiro atoms. The molecule has 1 unspecified atom stereocenters. The lowest BCUT2D eigenvalue weighted by Gasteiger charge is -2.19. The van der Waals surface area contributed by atoms with Gasteiger partial charge in [0.25, 0.3) is 0 Å². The summed E-state index contributed by atoms with van der Waals surface area (Å²) in [6.45, 7) is 4.95. The summed E-state index contributed by atoms with van der Waals surface area (Å²) in [7, 11) is 0. The molecule has 1 N–H and O–H groups in total. The smallest absolute Gasteiger partial charge is 0.139 e. The highest BCUT2D eigenvalue weighted by atomic mass is 79.9. The van der Waals surface area contributed by atoms with Crippen molar-refractivity contribution in [2.75, 3.05) is 6.54 Å². The third-order valence-electron chi connectivity index (χ3n) is 2.94. The van der Waals surface area contributed by atoms with Gasteiger partial charge in [-0.2, -0.15) is 0 Å². The molecule has 0 radical (unpaired) electrons. The van der Waals surface area contributed by atoms with Gasteiger partial charge in [0.05, 0.1) is 16.8 Å². The van der Waals surface area contributed by atoms with Crippen molar-refractivity contribution in [1.82, 2.24) is 5.32 Å². The summed E-state index contributed by atoms with van der Waals surface area (Å²) in [5.74, 6) is 0.877. The van der Waals surface area contributed by atoms with E-state index in [1.807, 2.05) is 25.1 Å². The van der Waals surface area contributed by atoms with E-state index >= 15 is 0 Å². The summed E-state index contributed by atoms with van der Waals surface area (Å²) in [5.41, 5.74) is 2.22. The number of hydrogen-bond donors (Lipinski definition) is 1. The van der Waals surface area contributed by atoms with Crippen LogP contribution in [0.25, 0.3) is 0 Å². The largest absolute Gasteiger partial charge is 0.466 e. The zero-order valence-corrected chi connectivity index (χ0v) is 12.7.